The summed E-state index contributed by atoms with van der Waals surface area (Å²) >= 11 is 0. The van der Waals surface area contributed by atoms with Gasteiger partial charge in [-0.15, -0.1) is 0 Å². The SMILES string of the molecule is CC(C)(C)CC(O)CNC(=O)COC(C)(C)C. The van der Waals surface area contributed by atoms with Gasteiger partial charge in [0, 0.05) is 6.54 Å². The number of nitrogens with one attached hydrogen (secondary N) is 1. The molecule has 0 saturated heterocycles. The largest absolute Gasteiger partial charge is 0.391 e. The maximum atomic E-state index is 11.4. The minimum Gasteiger partial charge on any atom is -0.391 e. The molecule has 0 saturated carbocycles. The van der Waals surface area contributed by atoms with Gasteiger partial charge in [0.1, 0.15) is 6.61 Å². The van der Waals surface area contributed by atoms with E-state index in [0.29, 0.717) is 6.42 Å². The monoisotopic (exact) mass is 245 g/mol. The van der Waals surface area contributed by atoms with Gasteiger partial charge in [-0.05, 0) is 32.6 Å². The van der Waals surface area contributed by atoms with Crippen molar-refractivity contribution in [2.75, 3.05) is 13.2 Å². The molecule has 0 aromatic heterocycles. The first-order chi connectivity index (χ1) is 7.49. The summed E-state index contributed by atoms with van der Waals surface area (Å²) in [7, 11) is 0. The van der Waals surface area contributed by atoms with Crippen LogP contribution in [-0.2, 0) is 9.53 Å². The van der Waals surface area contributed by atoms with Gasteiger partial charge < -0.3 is 15.2 Å². The van der Waals surface area contributed by atoms with Gasteiger partial charge in [-0.25, -0.2) is 0 Å². The molecular weight excluding hydrogens is 218 g/mol. The number of aliphatic hydroxyl groups is 1. The molecule has 102 valence electrons. The third-order valence-electron chi connectivity index (χ3n) is 2.02. The molecule has 0 aromatic rings. The van der Waals surface area contributed by atoms with E-state index in [0.717, 1.165) is 0 Å². The minimum absolute atomic E-state index is 0.0335. The Bertz CT molecular complexity index is 238. The van der Waals surface area contributed by atoms with E-state index in [-0.39, 0.29) is 30.1 Å². The predicted molar refractivity (Wildman–Crippen MR) is 68.8 cm³/mol. The molecule has 2 N–H and O–H groups in total. The van der Waals surface area contributed by atoms with E-state index >= 15 is 0 Å². The van der Waals surface area contributed by atoms with E-state index in [1.807, 2.05) is 20.8 Å². The Hall–Kier alpha value is -0.610. The first-order valence-electron chi connectivity index (χ1n) is 6.08. The van der Waals surface area contributed by atoms with Gasteiger partial charge in [-0.1, -0.05) is 20.8 Å². The van der Waals surface area contributed by atoms with E-state index in [1.54, 1.807) is 0 Å². The zero-order valence-electron chi connectivity index (χ0n) is 12.0. The van der Waals surface area contributed by atoms with Crippen LogP contribution in [0.2, 0.25) is 0 Å². The molecule has 4 nitrogen and oxygen atoms in total. The molecule has 0 bridgehead atoms. The van der Waals surface area contributed by atoms with Gasteiger partial charge in [-0.2, -0.15) is 0 Å². The standard InChI is InChI=1S/C13H27NO3/c1-12(2,3)7-10(15)8-14-11(16)9-17-13(4,5)6/h10,15H,7-9H2,1-6H3,(H,14,16). The Morgan fingerprint density at radius 3 is 2.18 bits per heavy atom. The molecule has 0 aliphatic carbocycles. The van der Waals surface area contributed by atoms with E-state index in [9.17, 15) is 9.90 Å². The van der Waals surface area contributed by atoms with Crippen LogP contribution < -0.4 is 5.32 Å². The number of hydrogen-bond acceptors (Lipinski definition) is 3. The van der Waals surface area contributed by atoms with Crippen LogP contribution >= 0.6 is 0 Å². The van der Waals surface area contributed by atoms with Crippen molar-refractivity contribution >= 4 is 5.91 Å². The highest BCUT2D eigenvalue weighted by molar-refractivity contribution is 5.77. The number of hydrogen-bond donors (Lipinski definition) is 2. The fourth-order valence-electron chi connectivity index (χ4n) is 1.34. The summed E-state index contributed by atoms with van der Waals surface area (Å²) in [6.07, 6.45) is 0.154. The predicted octanol–water partition coefficient (Wildman–Crippen LogP) is 1.71. The summed E-state index contributed by atoms with van der Waals surface area (Å²) < 4.78 is 5.33. The minimum atomic E-state index is -0.506. The van der Waals surface area contributed by atoms with Crippen molar-refractivity contribution in [1.29, 1.82) is 0 Å². The molecule has 0 fully saturated rings. The molecule has 0 aliphatic heterocycles. The van der Waals surface area contributed by atoms with Crippen molar-refractivity contribution in [3.05, 3.63) is 0 Å². The molecule has 17 heavy (non-hydrogen) atoms. The Morgan fingerprint density at radius 1 is 1.24 bits per heavy atom. The number of rotatable bonds is 5. The summed E-state index contributed by atoms with van der Waals surface area (Å²) in [5.41, 5.74) is -0.257. The maximum Gasteiger partial charge on any atom is 0.246 e. The quantitative estimate of drug-likeness (QED) is 0.775. The van der Waals surface area contributed by atoms with Crippen LogP contribution in [0.15, 0.2) is 0 Å². The average Bonchev–Trinajstić information content (AvgIpc) is 2.07. The number of amides is 1. The highest BCUT2D eigenvalue weighted by Gasteiger charge is 2.18. The van der Waals surface area contributed by atoms with Gasteiger partial charge in [0.15, 0.2) is 0 Å². The molecule has 0 aliphatic rings. The van der Waals surface area contributed by atoms with Crippen molar-refractivity contribution in [1.82, 2.24) is 5.32 Å². The third-order valence-corrected chi connectivity index (χ3v) is 2.02. The van der Waals surface area contributed by atoms with Gasteiger partial charge in [0.2, 0.25) is 5.91 Å². The fraction of sp³-hybridized carbons (Fsp3) is 0.923. The van der Waals surface area contributed by atoms with E-state index in [4.69, 9.17) is 4.74 Å². The van der Waals surface area contributed by atoms with Gasteiger partial charge in [0.05, 0.1) is 11.7 Å². The second-order valence-electron chi connectivity index (χ2n) is 6.62. The summed E-state index contributed by atoms with van der Waals surface area (Å²) in [5.74, 6) is -0.187. The molecule has 1 unspecified atom stereocenters. The van der Waals surface area contributed by atoms with Crippen molar-refractivity contribution in [3.8, 4) is 0 Å². The molecule has 1 atom stereocenters. The number of carbonyl (C=O) groups excluding carboxylic acids is 1. The average molecular weight is 245 g/mol. The van der Waals surface area contributed by atoms with Crippen molar-refractivity contribution in [3.63, 3.8) is 0 Å². The molecule has 0 spiro atoms. The summed E-state index contributed by atoms with van der Waals surface area (Å²) in [6, 6.07) is 0. The third kappa shape index (κ3) is 11.6. The Morgan fingerprint density at radius 2 is 1.76 bits per heavy atom. The van der Waals surface area contributed by atoms with Crippen LogP contribution in [0.1, 0.15) is 48.0 Å². The molecule has 1 amide bonds. The molecule has 0 aromatic carbocycles. The van der Waals surface area contributed by atoms with E-state index in [2.05, 4.69) is 26.1 Å². The zero-order chi connectivity index (χ0) is 13.7. The summed E-state index contributed by atoms with van der Waals surface area (Å²) in [6.45, 7) is 12.2. The molecule has 4 heteroatoms. The highest BCUT2D eigenvalue weighted by atomic mass is 16.5. The maximum absolute atomic E-state index is 11.4. The Balaban J connectivity index is 3.78. The second kappa shape index (κ2) is 6.36. The topological polar surface area (TPSA) is 58.6 Å². The van der Waals surface area contributed by atoms with Crippen molar-refractivity contribution in [2.24, 2.45) is 5.41 Å². The van der Waals surface area contributed by atoms with Crippen LogP contribution in [0, 0.1) is 5.41 Å². The first-order valence-corrected chi connectivity index (χ1v) is 6.08. The van der Waals surface area contributed by atoms with Gasteiger partial charge in [-0.3, -0.25) is 4.79 Å². The van der Waals surface area contributed by atoms with Crippen LogP contribution in [0.5, 0.6) is 0 Å². The molecule has 0 heterocycles. The van der Waals surface area contributed by atoms with Crippen LogP contribution in [0.25, 0.3) is 0 Å². The molecule has 0 radical (unpaired) electrons. The van der Waals surface area contributed by atoms with E-state index in [1.165, 1.54) is 0 Å². The first kappa shape index (κ1) is 16.4. The lowest BCUT2D eigenvalue weighted by molar-refractivity contribution is -0.131. The lowest BCUT2D eigenvalue weighted by Crippen LogP contribution is -2.37. The number of carbonyl (C=O) groups is 1. The zero-order valence-corrected chi connectivity index (χ0v) is 12.0. The highest BCUT2D eigenvalue weighted by Crippen LogP contribution is 2.20. The summed E-state index contributed by atoms with van der Waals surface area (Å²) in [4.78, 5) is 11.4. The number of ether oxygens (including phenoxy) is 1. The normalized spacial score (nSPS) is 14.5. The summed E-state index contributed by atoms with van der Waals surface area (Å²) in [5, 5.41) is 12.4. The van der Waals surface area contributed by atoms with E-state index < -0.39 is 6.10 Å². The van der Waals surface area contributed by atoms with Gasteiger partial charge >= 0.3 is 0 Å². The lowest BCUT2D eigenvalue weighted by atomic mass is 9.89. The van der Waals surface area contributed by atoms with Crippen LogP contribution in [0.4, 0.5) is 0 Å². The molecular formula is C13H27NO3. The van der Waals surface area contributed by atoms with Gasteiger partial charge in [0.25, 0.3) is 0 Å². The fourth-order valence-corrected chi connectivity index (χ4v) is 1.34. The number of aliphatic hydroxyl groups excluding tert-OH is 1. The van der Waals surface area contributed by atoms with Crippen LogP contribution in [0.3, 0.4) is 0 Å². The van der Waals surface area contributed by atoms with Crippen LogP contribution in [-0.4, -0.2) is 35.9 Å². The molecule has 0 rings (SSSR count). The lowest BCUT2D eigenvalue weighted by Gasteiger charge is -2.23. The Labute approximate surface area is 105 Å². The van der Waals surface area contributed by atoms with Crippen molar-refractivity contribution < 1.29 is 14.6 Å². The smallest absolute Gasteiger partial charge is 0.246 e. The Kier molecular flexibility index (Phi) is 6.13. The van der Waals surface area contributed by atoms with Crippen molar-refractivity contribution in [2.45, 2.75) is 59.7 Å². The second-order valence-corrected chi connectivity index (χ2v) is 6.62.